The van der Waals surface area contributed by atoms with Crippen LogP contribution in [0, 0.1) is 0 Å². The SMILES string of the molecule is CC[NH+](C)CC(=O)[O-]. The van der Waals surface area contributed by atoms with Gasteiger partial charge in [-0.25, -0.2) is 0 Å². The van der Waals surface area contributed by atoms with Crippen LogP contribution in [0.15, 0.2) is 0 Å². The van der Waals surface area contributed by atoms with Gasteiger partial charge in [0.15, 0.2) is 0 Å². The Labute approximate surface area is 48.9 Å². The van der Waals surface area contributed by atoms with Crippen LogP contribution in [0.5, 0.6) is 0 Å². The van der Waals surface area contributed by atoms with Crippen LogP contribution >= 0.6 is 0 Å². The first-order valence-electron chi connectivity index (χ1n) is 2.68. The molecule has 0 rings (SSSR count). The van der Waals surface area contributed by atoms with Crippen molar-refractivity contribution in [3.63, 3.8) is 0 Å². The largest absolute Gasteiger partial charge is 0.544 e. The first kappa shape index (κ1) is 7.43. The molecule has 0 amide bonds. The van der Waals surface area contributed by atoms with Gasteiger partial charge in [0.05, 0.1) is 19.6 Å². The highest BCUT2D eigenvalue weighted by Gasteiger charge is 1.94. The summed E-state index contributed by atoms with van der Waals surface area (Å²) in [5.41, 5.74) is 0. The number of nitrogens with one attached hydrogen (secondary N) is 1. The van der Waals surface area contributed by atoms with Crippen LogP contribution in [0.4, 0.5) is 0 Å². The van der Waals surface area contributed by atoms with Crippen molar-refractivity contribution in [3.05, 3.63) is 0 Å². The van der Waals surface area contributed by atoms with Gasteiger partial charge >= 0.3 is 0 Å². The number of carboxylic acids is 1. The minimum Gasteiger partial charge on any atom is -0.544 e. The van der Waals surface area contributed by atoms with Crippen molar-refractivity contribution in [2.75, 3.05) is 20.1 Å². The Morgan fingerprint density at radius 2 is 2.25 bits per heavy atom. The number of quaternary nitrogens is 1. The second-order valence-corrected chi connectivity index (χ2v) is 1.86. The van der Waals surface area contributed by atoms with E-state index in [4.69, 9.17) is 0 Å². The fraction of sp³-hybridized carbons (Fsp3) is 0.800. The predicted octanol–water partition coefficient (Wildman–Crippen LogP) is -2.73. The van der Waals surface area contributed by atoms with E-state index >= 15 is 0 Å². The zero-order valence-corrected chi connectivity index (χ0v) is 5.23. The third kappa shape index (κ3) is 3.61. The average molecular weight is 117 g/mol. The Bertz CT molecular complexity index is 82.5. The van der Waals surface area contributed by atoms with Gasteiger partial charge in [-0.1, -0.05) is 0 Å². The molecule has 0 bridgehead atoms. The Morgan fingerprint density at radius 3 is 2.38 bits per heavy atom. The van der Waals surface area contributed by atoms with E-state index in [2.05, 4.69) is 0 Å². The molecule has 1 N–H and O–H groups in total. The minimum atomic E-state index is -0.982. The first-order valence-corrected chi connectivity index (χ1v) is 2.68. The summed E-state index contributed by atoms with van der Waals surface area (Å²) in [5, 5.41) is 9.84. The number of carboxylic acid groups (broad SMARTS) is 1. The van der Waals surface area contributed by atoms with Gasteiger partial charge in [0, 0.05) is 0 Å². The lowest BCUT2D eigenvalue weighted by atomic mass is 10.5. The van der Waals surface area contributed by atoms with Crippen LogP contribution in [-0.4, -0.2) is 26.1 Å². The highest BCUT2D eigenvalue weighted by Crippen LogP contribution is 1.42. The molecule has 0 saturated carbocycles. The maximum atomic E-state index is 9.84. The zero-order valence-electron chi connectivity index (χ0n) is 5.23. The molecule has 3 heteroatoms. The Kier molecular flexibility index (Phi) is 3.19. The standard InChI is InChI=1S/C5H11NO2/c1-3-6(2)4-5(7)8/h3-4H2,1-2H3,(H,7,8). The molecule has 0 aliphatic rings. The fourth-order valence-electron chi connectivity index (χ4n) is 0.371. The fourth-order valence-corrected chi connectivity index (χ4v) is 0.371. The summed E-state index contributed by atoms with van der Waals surface area (Å²) in [5.74, 6) is -0.982. The Morgan fingerprint density at radius 1 is 1.75 bits per heavy atom. The number of hydrogen-bond acceptors (Lipinski definition) is 2. The minimum absolute atomic E-state index is 0.108. The monoisotopic (exact) mass is 117 g/mol. The highest BCUT2D eigenvalue weighted by atomic mass is 16.4. The maximum Gasteiger partial charge on any atom is 0.117 e. The van der Waals surface area contributed by atoms with Crippen molar-refractivity contribution in [1.82, 2.24) is 0 Å². The molecule has 1 atom stereocenters. The van der Waals surface area contributed by atoms with Crippen LogP contribution in [0.25, 0.3) is 0 Å². The smallest absolute Gasteiger partial charge is 0.117 e. The van der Waals surface area contributed by atoms with Crippen molar-refractivity contribution in [3.8, 4) is 0 Å². The van der Waals surface area contributed by atoms with Gasteiger partial charge in [-0.2, -0.15) is 0 Å². The lowest BCUT2D eigenvalue weighted by Crippen LogP contribution is -3.10. The Balaban J connectivity index is 3.24. The van der Waals surface area contributed by atoms with Crippen molar-refractivity contribution < 1.29 is 14.8 Å². The van der Waals surface area contributed by atoms with Gasteiger partial charge in [0.2, 0.25) is 0 Å². The summed E-state index contributed by atoms with van der Waals surface area (Å²) >= 11 is 0. The zero-order chi connectivity index (χ0) is 6.57. The topological polar surface area (TPSA) is 44.6 Å². The lowest BCUT2D eigenvalue weighted by molar-refractivity contribution is -0.871. The molecular formula is C5H11NO2. The third-order valence-electron chi connectivity index (χ3n) is 1.05. The number of carbonyl (C=O) groups is 1. The molecule has 3 nitrogen and oxygen atoms in total. The van der Waals surface area contributed by atoms with E-state index < -0.39 is 5.97 Å². The van der Waals surface area contributed by atoms with E-state index in [1.165, 1.54) is 0 Å². The van der Waals surface area contributed by atoms with Crippen molar-refractivity contribution in [2.24, 2.45) is 0 Å². The molecule has 0 aromatic heterocycles. The van der Waals surface area contributed by atoms with Gasteiger partial charge in [-0.15, -0.1) is 0 Å². The van der Waals surface area contributed by atoms with Crippen LogP contribution in [-0.2, 0) is 4.79 Å². The summed E-state index contributed by atoms with van der Waals surface area (Å²) < 4.78 is 0. The molecule has 0 radical (unpaired) electrons. The molecule has 0 fully saturated rings. The quantitative estimate of drug-likeness (QED) is 0.436. The average Bonchev–Trinajstić information content (AvgIpc) is 1.65. The van der Waals surface area contributed by atoms with Gasteiger partial charge in [-0.05, 0) is 6.92 Å². The van der Waals surface area contributed by atoms with Crippen LogP contribution in [0.3, 0.4) is 0 Å². The van der Waals surface area contributed by atoms with Gasteiger partial charge < -0.3 is 14.8 Å². The highest BCUT2D eigenvalue weighted by molar-refractivity contribution is 5.65. The molecule has 0 aromatic rings. The molecule has 0 aromatic carbocycles. The second-order valence-electron chi connectivity index (χ2n) is 1.86. The van der Waals surface area contributed by atoms with E-state index in [0.717, 1.165) is 11.4 Å². The van der Waals surface area contributed by atoms with Crippen molar-refractivity contribution >= 4 is 5.97 Å². The van der Waals surface area contributed by atoms with Gasteiger partial charge in [0.25, 0.3) is 0 Å². The van der Waals surface area contributed by atoms with E-state index in [0.29, 0.717) is 0 Å². The molecule has 0 aliphatic heterocycles. The van der Waals surface area contributed by atoms with E-state index in [9.17, 15) is 9.90 Å². The van der Waals surface area contributed by atoms with Crippen LogP contribution in [0.2, 0.25) is 0 Å². The van der Waals surface area contributed by atoms with Crippen molar-refractivity contribution in [1.29, 1.82) is 0 Å². The van der Waals surface area contributed by atoms with E-state index in [-0.39, 0.29) is 6.54 Å². The molecule has 48 valence electrons. The number of hydrogen-bond donors (Lipinski definition) is 1. The lowest BCUT2D eigenvalue weighted by Gasteiger charge is -2.10. The first-order chi connectivity index (χ1) is 3.66. The van der Waals surface area contributed by atoms with Crippen molar-refractivity contribution in [2.45, 2.75) is 6.92 Å². The second kappa shape index (κ2) is 3.43. The number of likely N-dealkylation sites (N-methyl/N-ethyl adjacent to an activating group) is 1. The molecule has 8 heavy (non-hydrogen) atoms. The Hall–Kier alpha value is -0.570. The molecule has 1 unspecified atom stereocenters. The number of carbonyl (C=O) groups excluding carboxylic acids is 1. The molecule has 0 aliphatic carbocycles. The number of aliphatic carboxylic acids is 1. The summed E-state index contributed by atoms with van der Waals surface area (Å²) in [6, 6.07) is 0. The molecular weight excluding hydrogens is 106 g/mol. The molecule has 0 heterocycles. The third-order valence-corrected chi connectivity index (χ3v) is 1.05. The predicted molar refractivity (Wildman–Crippen MR) is 27.3 cm³/mol. The van der Waals surface area contributed by atoms with E-state index in [1.807, 2.05) is 14.0 Å². The normalized spacial score (nSPS) is 13.2. The summed E-state index contributed by atoms with van der Waals surface area (Å²) in [7, 11) is 1.82. The summed E-state index contributed by atoms with van der Waals surface area (Å²) in [6.07, 6.45) is 0. The molecule has 0 spiro atoms. The summed E-state index contributed by atoms with van der Waals surface area (Å²) in [4.78, 5) is 10.8. The van der Waals surface area contributed by atoms with Crippen LogP contribution < -0.4 is 10.0 Å². The van der Waals surface area contributed by atoms with E-state index in [1.54, 1.807) is 0 Å². The van der Waals surface area contributed by atoms with Crippen LogP contribution in [0.1, 0.15) is 6.92 Å². The van der Waals surface area contributed by atoms with Gasteiger partial charge in [-0.3, -0.25) is 0 Å². The summed E-state index contributed by atoms with van der Waals surface area (Å²) in [6.45, 7) is 2.86. The van der Waals surface area contributed by atoms with Gasteiger partial charge in [0.1, 0.15) is 6.54 Å². The number of rotatable bonds is 3. The molecule has 0 saturated heterocycles. The maximum absolute atomic E-state index is 9.84.